The predicted molar refractivity (Wildman–Crippen MR) is 91.0 cm³/mol. The highest BCUT2D eigenvalue weighted by atomic mass is 16.1. The number of rotatable bonds is 9. The lowest BCUT2D eigenvalue weighted by Gasteiger charge is -2.09. The monoisotopic (exact) mass is 290 g/mol. The number of carbonyl (C=O) groups excluding carboxylic acids is 1. The van der Waals surface area contributed by atoms with E-state index in [1.54, 1.807) is 0 Å². The Labute approximate surface area is 129 Å². The van der Waals surface area contributed by atoms with Crippen LogP contribution in [0, 0.1) is 12.8 Å². The average molecular weight is 290 g/mol. The molecular formula is C18H30N2O. The Morgan fingerprint density at radius 1 is 1.14 bits per heavy atom. The van der Waals surface area contributed by atoms with Crippen molar-refractivity contribution in [3.8, 4) is 0 Å². The zero-order valence-electron chi connectivity index (χ0n) is 14.0. The van der Waals surface area contributed by atoms with Crippen LogP contribution in [-0.2, 0) is 0 Å². The molecule has 0 atom stereocenters. The predicted octanol–water partition coefficient (Wildman–Crippen LogP) is 4.37. The highest BCUT2D eigenvalue weighted by Crippen LogP contribution is 2.15. The van der Waals surface area contributed by atoms with E-state index in [1.165, 1.54) is 25.7 Å². The number of benzene rings is 1. The molecule has 0 fully saturated rings. The number of amides is 1. The van der Waals surface area contributed by atoms with Gasteiger partial charge >= 0.3 is 0 Å². The maximum absolute atomic E-state index is 12.0. The molecule has 0 radical (unpaired) electrons. The van der Waals surface area contributed by atoms with Gasteiger partial charge in [0.2, 0.25) is 0 Å². The Morgan fingerprint density at radius 3 is 2.48 bits per heavy atom. The summed E-state index contributed by atoms with van der Waals surface area (Å²) in [5, 5.41) is 6.11. The van der Waals surface area contributed by atoms with Crippen molar-refractivity contribution in [2.24, 2.45) is 5.92 Å². The minimum absolute atomic E-state index is 0.0305. The van der Waals surface area contributed by atoms with Gasteiger partial charge in [-0.15, -0.1) is 0 Å². The second-order valence-electron chi connectivity index (χ2n) is 6.13. The highest BCUT2D eigenvalue weighted by molar-refractivity contribution is 5.94. The van der Waals surface area contributed by atoms with Crippen LogP contribution in [-0.4, -0.2) is 19.5 Å². The van der Waals surface area contributed by atoms with Gasteiger partial charge < -0.3 is 10.6 Å². The molecule has 3 nitrogen and oxygen atoms in total. The van der Waals surface area contributed by atoms with Crippen LogP contribution in [0.5, 0.6) is 0 Å². The zero-order valence-corrected chi connectivity index (χ0v) is 14.0. The number of anilines is 1. The molecule has 1 rings (SSSR count). The summed E-state index contributed by atoms with van der Waals surface area (Å²) in [7, 11) is 1.89. The summed E-state index contributed by atoms with van der Waals surface area (Å²) in [5.41, 5.74) is 2.90. The molecule has 2 N–H and O–H groups in total. The van der Waals surface area contributed by atoms with E-state index in [-0.39, 0.29) is 5.91 Å². The average Bonchev–Trinajstić information content (AvgIpc) is 2.45. The Balaban J connectivity index is 2.23. The summed E-state index contributed by atoms with van der Waals surface area (Å²) in [6.45, 7) is 7.31. The highest BCUT2D eigenvalue weighted by Gasteiger charge is 2.06. The topological polar surface area (TPSA) is 41.1 Å². The third kappa shape index (κ3) is 6.65. The molecule has 21 heavy (non-hydrogen) atoms. The van der Waals surface area contributed by atoms with Crippen LogP contribution in [0.1, 0.15) is 61.9 Å². The first-order valence-electron chi connectivity index (χ1n) is 8.11. The largest absolute Gasteiger partial charge is 0.388 e. The molecule has 0 saturated heterocycles. The molecule has 3 heteroatoms. The van der Waals surface area contributed by atoms with Gasteiger partial charge in [-0.2, -0.15) is 0 Å². The smallest absolute Gasteiger partial charge is 0.251 e. The molecule has 0 unspecified atom stereocenters. The summed E-state index contributed by atoms with van der Waals surface area (Å²) >= 11 is 0. The van der Waals surface area contributed by atoms with Crippen LogP contribution >= 0.6 is 0 Å². The van der Waals surface area contributed by atoms with E-state index < -0.39 is 0 Å². The van der Waals surface area contributed by atoms with Crippen molar-refractivity contribution in [1.82, 2.24) is 5.32 Å². The van der Waals surface area contributed by atoms with E-state index in [2.05, 4.69) is 24.5 Å². The fourth-order valence-electron chi connectivity index (χ4n) is 2.42. The first-order chi connectivity index (χ1) is 10.0. The summed E-state index contributed by atoms with van der Waals surface area (Å²) in [4.78, 5) is 12.0. The van der Waals surface area contributed by atoms with Crippen molar-refractivity contribution >= 4 is 11.6 Å². The number of nitrogens with one attached hydrogen (secondary N) is 2. The Bertz CT molecular complexity index is 441. The lowest BCUT2D eigenvalue weighted by Crippen LogP contribution is -2.24. The quantitative estimate of drug-likeness (QED) is 0.663. The molecule has 1 aromatic carbocycles. The van der Waals surface area contributed by atoms with Gasteiger partial charge in [0.15, 0.2) is 0 Å². The SMILES string of the molecule is CNc1ccc(C(=O)NCCCCCCC(C)C)cc1C. The van der Waals surface area contributed by atoms with Crippen molar-refractivity contribution in [3.05, 3.63) is 29.3 Å². The number of aryl methyl sites for hydroxylation is 1. The molecule has 1 amide bonds. The van der Waals surface area contributed by atoms with E-state index >= 15 is 0 Å². The van der Waals surface area contributed by atoms with Gasteiger partial charge in [0.1, 0.15) is 0 Å². The van der Waals surface area contributed by atoms with E-state index in [0.717, 1.165) is 35.7 Å². The summed E-state index contributed by atoms with van der Waals surface area (Å²) < 4.78 is 0. The second-order valence-corrected chi connectivity index (χ2v) is 6.13. The van der Waals surface area contributed by atoms with E-state index in [4.69, 9.17) is 0 Å². The van der Waals surface area contributed by atoms with Crippen LogP contribution in [0.3, 0.4) is 0 Å². The summed E-state index contributed by atoms with van der Waals surface area (Å²) in [6, 6.07) is 5.76. The fraction of sp³-hybridized carbons (Fsp3) is 0.611. The molecule has 0 aliphatic rings. The normalized spacial score (nSPS) is 10.7. The van der Waals surface area contributed by atoms with Crippen molar-refractivity contribution in [3.63, 3.8) is 0 Å². The number of unbranched alkanes of at least 4 members (excludes halogenated alkanes) is 3. The van der Waals surface area contributed by atoms with Crippen LogP contribution in [0.2, 0.25) is 0 Å². The lowest BCUT2D eigenvalue weighted by atomic mass is 10.0. The van der Waals surface area contributed by atoms with E-state index in [1.807, 2.05) is 32.2 Å². The van der Waals surface area contributed by atoms with Crippen molar-refractivity contribution in [2.75, 3.05) is 18.9 Å². The van der Waals surface area contributed by atoms with Crippen LogP contribution < -0.4 is 10.6 Å². The molecule has 0 aromatic heterocycles. The maximum atomic E-state index is 12.0. The molecular weight excluding hydrogens is 260 g/mol. The first kappa shape index (κ1) is 17.5. The lowest BCUT2D eigenvalue weighted by molar-refractivity contribution is 0.0953. The standard InChI is InChI=1S/C18H30N2O/c1-14(2)9-7-5-6-8-12-20-18(21)16-10-11-17(19-4)15(3)13-16/h10-11,13-14,19H,5-9,12H2,1-4H3,(H,20,21). The zero-order chi connectivity index (χ0) is 15.7. The van der Waals surface area contributed by atoms with Crippen molar-refractivity contribution in [2.45, 2.75) is 52.9 Å². The van der Waals surface area contributed by atoms with E-state index in [9.17, 15) is 4.79 Å². The summed E-state index contributed by atoms with van der Waals surface area (Å²) in [6.07, 6.45) is 6.14. The van der Waals surface area contributed by atoms with Gasteiger partial charge in [-0.1, -0.05) is 39.5 Å². The number of hydrogen-bond acceptors (Lipinski definition) is 2. The van der Waals surface area contributed by atoms with Gasteiger partial charge in [-0.25, -0.2) is 0 Å². The minimum atomic E-state index is 0.0305. The third-order valence-electron chi connectivity index (χ3n) is 3.75. The molecule has 1 aromatic rings. The first-order valence-corrected chi connectivity index (χ1v) is 8.11. The van der Waals surface area contributed by atoms with Gasteiger partial charge in [-0.05, 0) is 43.0 Å². The summed E-state index contributed by atoms with van der Waals surface area (Å²) in [5.74, 6) is 0.830. The maximum Gasteiger partial charge on any atom is 0.251 e. The van der Waals surface area contributed by atoms with E-state index in [0.29, 0.717) is 0 Å². The van der Waals surface area contributed by atoms with Gasteiger partial charge in [-0.3, -0.25) is 4.79 Å². The molecule has 0 spiro atoms. The van der Waals surface area contributed by atoms with Crippen LogP contribution in [0.25, 0.3) is 0 Å². The number of hydrogen-bond donors (Lipinski definition) is 2. The number of carbonyl (C=O) groups is 1. The van der Waals surface area contributed by atoms with Gasteiger partial charge in [0.25, 0.3) is 5.91 Å². The van der Waals surface area contributed by atoms with Gasteiger partial charge in [0, 0.05) is 24.8 Å². The molecule has 118 valence electrons. The van der Waals surface area contributed by atoms with Crippen molar-refractivity contribution < 1.29 is 4.79 Å². The molecule has 0 saturated carbocycles. The second kappa shape index (κ2) is 9.43. The molecule has 0 aliphatic heterocycles. The van der Waals surface area contributed by atoms with Gasteiger partial charge in [0.05, 0.1) is 0 Å². The minimum Gasteiger partial charge on any atom is -0.388 e. The van der Waals surface area contributed by atoms with Crippen LogP contribution in [0.4, 0.5) is 5.69 Å². The molecule has 0 heterocycles. The molecule has 0 aliphatic carbocycles. The fourth-order valence-corrected chi connectivity index (χ4v) is 2.42. The Kier molecular flexibility index (Phi) is 7.88. The Morgan fingerprint density at radius 2 is 1.86 bits per heavy atom. The van der Waals surface area contributed by atoms with Crippen molar-refractivity contribution in [1.29, 1.82) is 0 Å². The third-order valence-corrected chi connectivity index (χ3v) is 3.75. The Hall–Kier alpha value is -1.51. The molecule has 0 bridgehead atoms. The van der Waals surface area contributed by atoms with Crippen LogP contribution in [0.15, 0.2) is 18.2 Å².